The molecule has 3 atom stereocenters. The van der Waals surface area contributed by atoms with E-state index in [1.807, 2.05) is 30.6 Å². The second-order valence-electron chi connectivity index (χ2n) is 16.1. The number of aromatic nitrogens is 1. The molecule has 12 heteroatoms. The van der Waals surface area contributed by atoms with Crippen molar-refractivity contribution in [2.24, 2.45) is 5.41 Å². The first-order chi connectivity index (χ1) is 25.3. The van der Waals surface area contributed by atoms with Gasteiger partial charge in [-0.05, 0) is 49.7 Å². The summed E-state index contributed by atoms with van der Waals surface area (Å²) in [5.41, 5.74) is 1.89. The summed E-state index contributed by atoms with van der Waals surface area (Å²) in [5, 5.41) is 17.3. The van der Waals surface area contributed by atoms with E-state index in [1.54, 1.807) is 32.1 Å². The highest BCUT2D eigenvalue weighted by Crippen LogP contribution is 2.40. The first kappa shape index (κ1) is 43.2. The summed E-state index contributed by atoms with van der Waals surface area (Å²) in [6.45, 7) is 8.02. The minimum atomic E-state index is -1.94. The lowest BCUT2D eigenvalue weighted by atomic mass is 9.85. The van der Waals surface area contributed by atoms with Gasteiger partial charge in [0.15, 0.2) is 5.67 Å². The van der Waals surface area contributed by atoms with Gasteiger partial charge < -0.3 is 25.4 Å². The van der Waals surface area contributed by atoms with E-state index in [-0.39, 0.29) is 32.4 Å². The molecule has 0 spiro atoms. The van der Waals surface area contributed by atoms with Gasteiger partial charge in [-0.2, -0.15) is 0 Å². The number of halogens is 2. The maximum absolute atomic E-state index is 14.6. The van der Waals surface area contributed by atoms with Gasteiger partial charge in [-0.3, -0.25) is 14.4 Å². The Hall–Kier alpha value is -2.57. The van der Waals surface area contributed by atoms with E-state index in [0.717, 1.165) is 39.9 Å². The molecule has 1 saturated carbocycles. The number of β-amino-alcohol motifs (C(OH)–C–C–N with tert-alkyl or cyclic N) is 1. The lowest BCUT2D eigenvalue weighted by molar-refractivity contribution is -0.145. The fourth-order valence-corrected chi connectivity index (χ4v) is 8.10. The van der Waals surface area contributed by atoms with Crippen LogP contribution in [-0.2, 0) is 20.9 Å². The number of unbranched alkanes of at least 4 members (excludes halogenated alkanes) is 12. The van der Waals surface area contributed by atoms with Gasteiger partial charge in [0.25, 0.3) is 5.91 Å². The Morgan fingerprint density at radius 2 is 1.62 bits per heavy atom. The molecule has 1 aromatic heterocycles. The summed E-state index contributed by atoms with van der Waals surface area (Å²) >= 11 is 5.07. The molecule has 2 unspecified atom stereocenters. The van der Waals surface area contributed by atoms with E-state index in [4.69, 9.17) is 4.74 Å². The number of likely N-dealkylation sites (tertiary alicyclic amines) is 1. The molecule has 296 valence electrons. The zero-order valence-corrected chi connectivity index (χ0v) is 34.7. The molecule has 0 bridgehead atoms. The molecular weight excluding hydrogens is 759 g/mol. The van der Waals surface area contributed by atoms with Crippen molar-refractivity contribution in [2.75, 3.05) is 18.5 Å². The van der Waals surface area contributed by atoms with E-state index in [2.05, 4.69) is 31.5 Å². The van der Waals surface area contributed by atoms with Crippen molar-refractivity contribution in [1.29, 1.82) is 0 Å². The third-order valence-corrected chi connectivity index (χ3v) is 12.0. The smallest absolute Gasteiger partial charge is 0.258 e. The molecule has 1 saturated heterocycles. The van der Waals surface area contributed by atoms with Crippen LogP contribution in [0.15, 0.2) is 23.7 Å². The number of aliphatic hydroxyl groups is 1. The zero-order valence-electron chi connectivity index (χ0n) is 32.3. The summed E-state index contributed by atoms with van der Waals surface area (Å²) in [7, 11) is 0. The second kappa shape index (κ2) is 20.9. The number of hydrogen-bond acceptors (Lipinski definition) is 7. The van der Waals surface area contributed by atoms with Gasteiger partial charge in [-0.15, -0.1) is 11.3 Å². The van der Waals surface area contributed by atoms with Crippen molar-refractivity contribution < 1.29 is 28.6 Å². The summed E-state index contributed by atoms with van der Waals surface area (Å²) in [5.74, 6) is -1.02. The summed E-state index contributed by atoms with van der Waals surface area (Å²) in [6.07, 6.45) is 15.9. The first-order valence-electron chi connectivity index (χ1n) is 19.8. The number of amides is 3. The molecule has 1 aliphatic heterocycles. The van der Waals surface area contributed by atoms with E-state index >= 15 is 0 Å². The molecule has 2 aromatic rings. The van der Waals surface area contributed by atoms with Crippen molar-refractivity contribution in [2.45, 2.75) is 161 Å². The number of benzene rings is 1. The van der Waals surface area contributed by atoms with Crippen molar-refractivity contribution in [3.63, 3.8) is 0 Å². The molecule has 2 aliphatic rings. The maximum Gasteiger partial charge on any atom is 0.258 e. The SMILES string of the molecule is Cc1ncsc1-c1ccc(CNC(=O)C2CC(O)CN2C(=O)[C@@H](NC(=O)C2(F)CC2)C(C)(C)C)c(OCCCCCCCCCCCCCCCBr)c1. The van der Waals surface area contributed by atoms with Crippen molar-refractivity contribution >= 4 is 45.0 Å². The highest BCUT2D eigenvalue weighted by Gasteiger charge is 2.53. The molecule has 4 rings (SSSR count). The molecule has 53 heavy (non-hydrogen) atoms. The normalized spacial score (nSPS) is 18.5. The van der Waals surface area contributed by atoms with Gasteiger partial charge in [0.05, 0.1) is 28.8 Å². The van der Waals surface area contributed by atoms with Gasteiger partial charge in [0, 0.05) is 30.4 Å². The molecule has 3 amide bonds. The number of aryl methyl sites for hydroxylation is 1. The van der Waals surface area contributed by atoms with Crippen molar-refractivity contribution in [1.82, 2.24) is 20.5 Å². The Morgan fingerprint density at radius 1 is 1.02 bits per heavy atom. The topological polar surface area (TPSA) is 121 Å². The van der Waals surface area contributed by atoms with E-state index in [0.29, 0.717) is 12.4 Å². The molecule has 2 fully saturated rings. The van der Waals surface area contributed by atoms with Crippen LogP contribution in [0.2, 0.25) is 0 Å². The van der Waals surface area contributed by atoms with Gasteiger partial charge in [-0.25, -0.2) is 9.37 Å². The van der Waals surface area contributed by atoms with Crippen LogP contribution in [0.4, 0.5) is 4.39 Å². The molecular formula is C41H62BrFN4O5S. The van der Waals surface area contributed by atoms with Crippen LogP contribution in [0, 0.1) is 12.3 Å². The monoisotopic (exact) mass is 820 g/mol. The lowest BCUT2D eigenvalue weighted by Gasteiger charge is -2.35. The Bertz CT molecular complexity index is 1480. The van der Waals surface area contributed by atoms with Crippen LogP contribution < -0.4 is 15.4 Å². The highest BCUT2D eigenvalue weighted by molar-refractivity contribution is 9.09. The van der Waals surface area contributed by atoms with Gasteiger partial charge >= 0.3 is 0 Å². The fourth-order valence-electron chi connectivity index (χ4n) is 6.90. The Kier molecular flexibility index (Phi) is 17.0. The van der Waals surface area contributed by atoms with E-state index < -0.39 is 47.0 Å². The number of carbonyl (C=O) groups excluding carboxylic acids is 3. The number of thiazole rings is 1. The number of carbonyl (C=O) groups is 3. The van der Waals surface area contributed by atoms with Crippen LogP contribution in [0.3, 0.4) is 0 Å². The minimum absolute atomic E-state index is 0.0462. The van der Waals surface area contributed by atoms with Gasteiger partial charge in [-0.1, -0.05) is 119 Å². The molecule has 3 N–H and O–H groups in total. The summed E-state index contributed by atoms with van der Waals surface area (Å²) in [4.78, 5) is 46.9. The van der Waals surface area contributed by atoms with Gasteiger partial charge in [0.1, 0.15) is 17.8 Å². The fraction of sp³-hybridized carbons (Fsp3) is 0.707. The Morgan fingerprint density at radius 3 is 2.17 bits per heavy atom. The van der Waals surface area contributed by atoms with Crippen LogP contribution >= 0.6 is 27.3 Å². The number of nitrogens with one attached hydrogen (secondary N) is 2. The average Bonchev–Trinajstić information content (AvgIpc) is 3.53. The highest BCUT2D eigenvalue weighted by atomic mass is 79.9. The quantitative estimate of drug-likeness (QED) is 0.0764. The maximum atomic E-state index is 14.6. The standard InChI is InChI=1S/C41H62BrFN4O5S/c1-29-35(53-28-45-29)30-18-19-31(34(24-30)52-23-17-15-13-11-9-7-5-6-8-10-12-14-16-22-42)26-44-37(49)33-25-32(48)27-47(33)38(50)36(40(2,3)4)46-39(51)41(43)20-21-41/h18-19,24,28,32-33,36,48H,5-17,20-23,25-27H2,1-4H3,(H,44,49)(H,46,51)/t32?,33?,36-/m1/s1. The zero-order chi connectivity index (χ0) is 38.4. The average molecular weight is 822 g/mol. The third-order valence-electron chi connectivity index (χ3n) is 10.4. The summed E-state index contributed by atoms with van der Waals surface area (Å²) < 4.78 is 20.9. The largest absolute Gasteiger partial charge is 0.493 e. The number of ether oxygens (including phenoxy) is 1. The van der Waals surface area contributed by atoms with Crippen LogP contribution in [0.1, 0.15) is 135 Å². The molecule has 1 aliphatic carbocycles. The Balaban J connectivity index is 1.29. The molecule has 1 aromatic carbocycles. The van der Waals surface area contributed by atoms with Crippen molar-refractivity contribution in [3.8, 4) is 16.2 Å². The predicted molar refractivity (Wildman–Crippen MR) is 214 cm³/mol. The summed E-state index contributed by atoms with van der Waals surface area (Å²) in [6, 6.07) is 3.98. The number of aliphatic hydroxyl groups excluding tert-OH is 1. The van der Waals surface area contributed by atoms with Crippen LogP contribution in [0.25, 0.3) is 10.4 Å². The number of nitrogens with zero attached hydrogens (tertiary/aromatic N) is 2. The predicted octanol–water partition coefficient (Wildman–Crippen LogP) is 8.57. The number of rotatable bonds is 23. The Labute approximate surface area is 328 Å². The number of hydrogen-bond donors (Lipinski definition) is 3. The molecule has 0 radical (unpaired) electrons. The van der Waals surface area contributed by atoms with Crippen LogP contribution in [0.5, 0.6) is 5.75 Å². The molecule has 9 nitrogen and oxygen atoms in total. The van der Waals surface area contributed by atoms with Crippen molar-refractivity contribution in [3.05, 3.63) is 35.0 Å². The first-order valence-corrected chi connectivity index (χ1v) is 21.8. The molecule has 2 heterocycles. The number of alkyl halides is 2. The third kappa shape index (κ3) is 13.3. The lowest BCUT2D eigenvalue weighted by Crippen LogP contribution is -2.59. The minimum Gasteiger partial charge on any atom is -0.493 e. The van der Waals surface area contributed by atoms with Crippen LogP contribution in [-0.4, -0.2) is 75.1 Å². The van der Waals surface area contributed by atoms with E-state index in [1.165, 1.54) is 75.5 Å². The van der Waals surface area contributed by atoms with E-state index in [9.17, 15) is 23.9 Å². The van der Waals surface area contributed by atoms with Gasteiger partial charge in [0.2, 0.25) is 11.8 Å². The second-order valence-corrected chi connectivity index (χ2v) is 17.7.